The molecule has 2 N–H and O–H groups in total. The number of imidazole rings is 1. The SMILES string of the molecule is O=C(NC1CC1)c1ccc(-c2cnc3c(NCC4CCCO4)nc(Br)cn23)cc1Cl. The molecule has 9 heteroatoms. The average Bonchev–Trinajstić information content (AvgIpc) is 3.21. The van der Waals surface area contributed by atoms with E-state index in [4.69, 9.17) is 16.3 Å². The van der Waals surface area contributed by atoms with Crippen LogP contribution in [-0.2, 0) is 4.74 Å². The first-order valence-electron chi connectivity index (χ1n) is 10.1. The van der Waals surface area contributed by atoms with Crippen LogP contribution in [0.15, 0.2) is 35.2 Å². The molecule has 0 spiro atoms. The van der Waals surface area contributed by atoms with Crippen molar-refractivity contribution in [2.24, 2.45) is 0 Å². The largest absolute Gasteiger partial charge is 0.376 e. The maximum absolute atomic E-state index is 12.4. The fourth-order valence-corrected chi connectivity index (χ4v) is 4.30. The number of ether oxygens (including phenoxy) is 1. The second-order valence-corrected chi connectivity index (χ2v) is 8.93. The molecule has 7 nitrogen and oxygen atoms in total. The Kier molecular flexibility index (Phi) is 5.39. The van der Waals surface area contributed by atoms with Crippen molar-refractivity contribution in [2.45, 2.75) is 37.8 Å². The van der Waals surface area contributed by atoms with Gasteiger partial charge in [0.25, 0.3) is 5.91 Å². The highest BCUT2D eigenvalue weighted by Crippen LogP contribution is 2.30. The maximum Gasteiger partial charge on any atom is 0.253 e. The molecule has 1 saturated carbocycles. The smallest absolute Gasteiger partial charge is 0.253 e. The third-order valence-electron chi connectivity index (χ3n) is 5.41. The van der Waals surface area contributed by atoms with Crippen molar-refractivity contribution in [3.8, 4) is 11.3 Å². The summed E-state index contributed by atoms with van der Waals surface area (Å²) in [6, 6.07) is 5.75. The van der Waals surface area contributed by atoms with Gasteiger partial charge < -0.3 is 15.4 Å². The van der Waals surface area contributed by atoms with Gasteiger partial charge in [-0.05, 0) is 53.7 Å². The van der Waals surface area contributed by atoms with E-state index < -0.39 is 0 Å². The third kappa shape index (κ3) is 4.04. The monoisotopic (exact) mass is 489 g/mol. The molecule has 3 aromatic rings. The molecule has 1 aliphatic carbocycles. The second kappa shape index (κ2) is 8.17. The Morgan fingerprint density at radius 3 is 2.93 bits per heavy atom. The Labute approximate surface area is 187 Å². The molecule has 0 bridgehead atoms. The van der Waals surface area contributed by atoms with Gasteiger partial charge in [-0.1, -0.05) is 17.7 Å². The minimum absolute atomic E-state index is 0.125. The standard InChI is InChI=1S/C21H21BrClN5O2/c22-18-11-28-17(10-25-20(28)19(27-18)24-9-14-2-1-7-30-14)12-3-6-15(16(23)8-12)21(29)26-13-4-5-13/h3,6,8,10-11,13-14H,1-2,4-5,7,9H2,(H,24,27)(H,26,29). The predicted octanol–water partition coefficient (Wildman–Crippen LogP) is 4.30. The molecule has 0 radical (unpaired) electrons. The number of benzene rings is 1. The first-order chi connectivity index (χ1) is 14.6. The van der Waals surface area contributed by atoms with Crippen molar-refractivity contribution in [1.82, 2.24) is 19.7 Å². The van der Waals surface area contributed by atoms with E-state index in [-0.39, 0.29) is 18.1 Å². The van der Waals surface area contributed by atoms with Crippen molar-refractivity contribution in [2.75, 3.05) is 18.5 Å². The summed E-state index contributed by atoms with van der Waals surface area (Å²) in [5.74, 6) is 0.567. The summed E-state index contributed by atoms with van der Waals surface area (Å²) < 4.78 is 8.34. The Morgan fingerprint density at radius 1 is 1.33 bits per heavy atom. The van der Waals surface area contributed by atoms with Crippen LogP contribution in [0.1, 0.15) is 36.0 Å². The molecule has 1 atom stereocenters. The molecule has 1 saturated heterocycles. The highest BCUT2D eigenvalue weighted by Gasteiger charge is 2.25. The number of nitrogens with zero attached hydrogens (tertiary/aromatic N) is 3. The summed E-state index contributed by atoms with van der Waals surface area (Å²) >= 11 is 9.93. The van der Waals surface area contributed by atoms with Gasteiger partial charge in [0.1, 0.15) is 4.60 Å². The summed E-state index contributed by atoms with van der Waals surface area (Å²) in [7, 11) is 0. The van der Waals surface area contributed by atoms with Gasteiger partial charge in [-0.2, -0.15) is 0 Å². The second-order valence-electron chi connectivity index (χ2n) is 7.71. The first-order valence-corrected chi connectivity index (χ1v) is 11.3. The molecule has 1 amide bonds. The van der Waals surface area contributed by atoms with Crippen LogP contribution in [0.3, 0.4) is 0 Å². The van der Waals surface area contributed by atoms with Crippen LogP contribution in [0.2, 0.25) is 5.02 Å². The summed E-state index contributed by atoms with van der Waals surface area (Å²) in [5.41, 5.74) is 2.95. The zero-order chi connectivity index (χ0) is 20.7. The highest BCUT2D eigenvalue weighted by atomic mass is 79.9. The molecule has 1 unspecified atom stereocenters. The number of carbonyl (C=O) groups excluding carboxylic acids is 1. The molecule has 156 valence electrons. The van der Waals surface area contributed by atoms with E-state index in [1.807, 2.05) is 16.7 Å². The van der Waals surface area contributed by atoms with Gasteiger partial charge in [0.05, 0.1) is 28.6 Å². The third-order valence-corrected chi connectivity index (χ3v) is 6.10. The van der Waals surface area contributed by atoms with E-state index in [1.165, 1.54) is 0 Å². The average molecular weight is 491 g/mol. The minimum atomic E-state index is -0.125. The highest BCUT2D eigenvalue weighted by molar-refractivity contribution is 9.10. The number of nitrogens with one attached hydrogen (secondary N) is 2. The lowest BCUT2D eigenvalue weighted by Crippen LogP contribution is -2.25. The molecule has 2 aromatic heterocycles. The normalized spacial score (nSPS) is 18.7. The number of anilines is 1. The summed E-state index contributed by atoms with van der Waals surface area (Å²) in [6.45, 7) is 1.51. The van der Waals surface area contributed by atoms with E-state index in [0.717, 1.165) is 49.2 Å². The minimum Gasteiger partial charge on any atom is -0.376 e. The van der Waals surface area contributed by atoms with Crippen molar-refractivity contribution >= 4 is 44.9 Å². The van der Waals surface area contributed by atoms with Gasteiger partial charge >= 0.3 is 0 Å². The fourth-order valence-electron chi connectivity index (χ4n) is 3.66. The molecular weight excluding hydrogens is 470 g/mol. The van der Waals surface area contributed by atoms with Crippen LogP contribution in [-0.4, -0.2) is 45.6 Å². The van der Waals surface area contributed by atoms with Gasteiger partial charge in [0.15, 0.2) is 11.5 Å². The lowest BCUT2D eigenvalue weighted by Gasteiger charge is -2.13. The molecule has 2 aliphatic rings. The Morgan fingerprint density at radius 2 is 2.20 bits per heavy atom. The lowest BCUT2D eigenvalue weighted by atomic mass is 10.1. The molecule has 5 rings (SSSR count). The molecule has 30 heavy (non-hydrogen) atoms. The number of hydrogen-bond acceptors (Lipinski definition) is 5. The lowest BCUT2D eigenvalue weighted by molar-refractivity contribution is 0.0951. The van der Waals surface area contributed by atoms with Crippen LogP contribution in [0.25, 0.3) is 16.9 Å². The van der Waals surface area contributed by atoms with E-state index in [2.05, 4.69) is 36.5 Å². The Hall–Kier alpha value is -2.16. The van der Waals surface area contributed by atoms with E-state index >= 15 is 0 Å². The van der Waals surface area contributed by atoms with Gasteiger partial charge in [0.2, 0.25) is 0 Å². The number of hydrogen-bond donors (Lipinski definition) is 2. The van der Waals surface area contributed by atoms with Gasteiger partial charge in [-0.25, -0.2) is 9.97 Å². The van der Waals surface area contributed by atoms with Crippen LogP contribution in [0.5, 0.6) is 0 Å². The molecular formula is C21H21BrClN5O2. The van der Waals surface area contributed by atoms with Crippen LogP contribution in [0.4, 0.5) is 5.82 Å². The van der Waals surface area contributed by atoms with Crippen molar-refractivity contribution < 1.29 is 9.53 Å². The Balaban J connectivity index is 1.44. The van der Waals surface area contributed by atoms with Crippen LogP contribution in [0, 0.1) is 0 Å². The van der Waals surface area contributed by atoms with Crippen molar-refractivity contribution in [3.63, 3.8) is 0 Å². The van der Waals surface area contributed by atoms with Gasteiger partial charge in [0, 0.05) is 31.0 Å². The van der Waals surface area contributed by atoms with Crippen LogP contribution >= 0.6 is 27.5 Å². The summed E-state index contributed by atoms with van der Waals surface area (Å²) in [6.07, 6.45) is 8.08. The molecule has 3 heterocycles. The van der Waals surface area contributed by atoms with Gasteiger partial charge in [-0.15, -0.1) is 0 Å². The number of halogens is 2. The zero-order valence-electron chi connectivity index (χ0n) is 16.2. The number of fused-ring (bicyclic) bond motifs is 1. The quantitative estimate of drug-likeness (QED) is 0.539. The van der Waals surface area contributed by atoms with E-state index in [0.29, 0.717) is 27.6 Å². The zero-order valence-corrected chi connectivity index (χ0v) is 18.5. The number of aromatic nitrogens is 3. The Bertz CT molecular complexity index is 1110. The predicted molar refractivity (Wildman–Crippen MR) is 119 cm³/mol. The fraction of sp³-hybridized carbons (Fsp3) is 0.381. The van der Waals surface area contributed by atoms with E-state index in [1.54, 1.807) is 18.3 Å². The molecule has 1 aliphatic heterocycles. The van der Waals surface area contributed by atoms with Gasteiger partial charge in [-0.3, -0.25) is 9.20 Å². The number of carbonyl (C=O) groups is 1. The number of rotatable bonds is 6. The van der Waals surface area contributed by atoms with Crippen molar-refractivity contribution in [1.29, 1.82) is 0 Å². The number of amides is 1. The van der Waals surface area contributed by atoms with Crippen molar-refractivity contribution in [3.05, 3.63) is 45.8 Å². The van der Waals surface area contributed by atoms with E-state index in [9.17, 15) is 4.79 Å². The maximum atomic E-state index is 12.4. The summed E-state index contributed by atoms with van der Waals surface area (Å²) in [5, 5.41) is 6.76. The molecule has 1 aromatic carbocycles. The summed E-state index contributed by atoms with van der Waals surface area (Å²) in [4.78, 5) is 21.5. The molecule has 2 fully saturated rings. The first kappa shape index (κ1) is 19.8. The topological polar surface area (TPSA) is 80.5 Å². The van der Waals surface area contributed by atoms with Crippen LogP contribution < -0.4 is 10.6 Å².